The van der Waals surface area contributed by atoms with Crippen LogP contribution in [0.1, 0.15) is 43.9 Å². The summed E-state index contributed by atoms with van der Waals surface area (Å²) in [6.07, 6.45) is 1.59. The Balaban J connectivity index is 1.85. The SMILES string of the molecule is CC(C)C1CC(O)(C2NCc3ccccc32)CCO1. The minimum Gasteiger partial charge on any atom is -0.388 e. The summed E-state index contributed by atoms with van der Waals surface area (Å²) in [4.78, 5) is 0. The van der Waals surface area contributed by atoms with Crippen LogP contribution in [-0.2, 0) is 11.3 Å². The van der Waals surface area contributed by atoms with Crippen LogP contribution in [0.15, 0.2) is 24.3 Å². The van der Waals surface area contributed by atoms with Gasteiger partial charge in [-0.3, -0.25) is 0 Å². The molecule has 0 saturated carbocycles. The highest BCUT2D eigenvalue weighted by molar-refractivity contribution is 5.36. The molecule has 0 radical (unpaired) electrons. The van der Waals surface area contributed by atoms with Crippen LogP contribution < -0.4 is 5.32 Å². The number of aliphatic hydroxyl groups is 1. The standard InChI is InChI=1S/C16H23NO2/c1-11(2)14-9-16(18,7-8-19-14)15-13-6-4-3-5-12(13)10-17-15/h3-6,11,14-15,17-18H,7-10H2,1-2H3. The smallest absolute Gasteiger partial charge is 0.0888 e. The van der Waals surface area contributed by atoms with E-state index in [0.29, 0.717) is 18.9 Å². The number of rotatable bonds is 2. The van der Waals surface area contributed by atoms with Crippen LogP contribution in [0.3, 0.4) is 0 Å². The van der Waals surface area contributed by atoms with Crippen LogP contribution in [0.5, 0.6) is 0 Å². The molecule has 0 aliphatic carbocycles. The maximum absolute atomic E-state index is 11.1. The Kier molecular flexibility index (Phi) is 3.37. The highest BCUT2D eigenvalue weighted by Crippen LogP contribution is 2.41. The van der Waals surface area contributed by atoms with E-state index in [0.717, 1.165) is 13.0 Å². The largest absolute Gasteiger partial charge is 0.388 e. The normalized spacial score (nSPS) is 34.5. The first-order valence-electron chi connectivity index (χ1n) is 7.25. The fourth-order valence-corrected chi connectivity index (χ4v) is 3.36. The van der Waals surface area contributed by atoms with Crippen LogP contribution in [0, 0.1) is 5.92 Å². The molecule has 0 aromatic heterocycles. The Morgan fingerprint density at radius 3 is 2.95 bits per heavy atom. The van der Waals surface area contributed by atoms with E-state index >= 15 is 0 Å². The number of nitrogens with one attached hydrogen (secondary N) is 1. The van der Waals surface area contributed by atoms with Crippen molar-refractivity contribution >= 4 is 0 Å². The van der Waals surface area contributed by atoms with Crippen molar-refractivity contribution in [1.82, 2.24) is 5.32 Å². The van der Waals surface area contributed by atoms with Crippen molar-refractivity contribution in [2.75, 3.05) is 6.61 Å². The van der Waals surface area contributed by atoms with Gasteiger partial charge in [-0.05, 0) is 17.0 Å². The Hall–Kier alpha value is -0.900. The zero-order valence-corrected chi connectivity index (χ0v) is 11.7. The zero-order chi connectivity index (χ0) is 13.5. The molecule has 1 saturated heterocycles. The fourth-order valence-electron chi connectivity index (χ4n) is 3.36. The summed E-state index contributed by atoms with van der Waals surface area (Å²) >= 11 is 0. The summed E-state index contributed by atoms with van der Waals surface area (Å²) < 4.78 is 5.79. The lowest BCUT2D eigenvalue weighted by molar-refractivity contribution is -0.131. The first-order chi connectivity index (χ1) is 9.10. The molecule has 2 heterocycles. The maximum Gasteiger partial charge on any atom is 0.0888 e. The topological polar surface area (TPSA) is 41.5 Å². The summed E-state index contributed by atoms with van der Waals surface area (Å²) in [5.41, 5.74) is 1.89. The quantitative estimate of drug-likeness (QED) is 0.859. The summed E-state index contributed by atoms with van der Waals surface area (Å²) in [6, 6.07) is 8.45. The molecule has 2 N–H and O–H groups in total. The number of ether oxygens (including phenoxy) is 1. The van der Waals surface area contributed by atoms with Crippen molar-refractivity contribution in [1.29, 1.82) is 0 Å². The lowest BCUT2D eigenvalue weighted by atomic mass is 9.78. The second kappa shape index (κ2) is 4.89. The zero-order valence-electron chi connectivity index (χ0n) is 11.7. The molecule has 3 atom stereocenters. The molecule has 0 spiro atoms. The van der Waals surface area contributed by atoms with E-state index in [-0.39, 0.29) is 12.1 Å². The van der Waals surface area contributed by atoms with E-state index in [2.05, 4.69) is 43.4 Å². The number of hydrogen-bond donors (Lipinski definition) is 2. The highest BCUT2D eigenvalue weighted by Gasteiger charge is 2.45. The van der Waals surface area contributed by atoms with E-state index in [9.17, 15) is 5.11 Å². The molecule has 1 aromatic carbocycles. The summed E-state index contributed by atoms with van der Waals surface area (Å²) in [5.74, 6) is 0.448. The van der Waals surface area contributed by atoms with E-state index < -0.39 is 5.60 Å². The predicted molar refractivity (Wildman–Crippen MR) is 74.8 cm³/mol. The molecule has 0 amide bonds. The Morgan fingerprint density at radius 1 is 1.37 bits per heavy atom. The Morgan fingerprint density at radius 2 is 2.16 bits per heavy atom. The van der Waals surface area contributed by atoms with Gasteiger partial charge < -0.3 is 15.2 Å². The third-order valence-corrected chi connectivity index (χ3v) is 4.57. The monoisotopic (exact) mass is 261 g/mol. The van der Waals surface area contributed by atoms with Crippen molar-refractivity contribution < 1.29 is 9.84 Å². The molecular weight excluding hydrogens is 238 g/mol. The van der Waals surface area contributed by atoms with E-state index in [1.165, 1.54) is 11.1 Å². The molecular formula is C16H23NO2. The molecule has 0 bridgehead atoms. The van der Waals surface area contributed by atoms with Crippen molar-refractivity contribution in [3.05, 3.63) is 35.4 Å². The average Bonchev–Trinajstić information content (AvgIpc) is 2.83. The third kappa shape index (κ3) is 2.31. The van der Waals surface area contributed by atoms with Crippen molar-refractivity contribution in [3.63, 3.8) is 0 Å². The van der Waals surface area contributed by atoms with Gasteiger partial charge in [-0.15, -0.1) is 0 Å². The molecule has 1 fully saturated rings. The first kappa shape index (κ1) is 13.1. The van der Waals surface area contributed by atoms with Crippen molar-refractivity contribution in [3.8, 4) is 0 Å². The molecule has 1 aromatic rings. The molecule has 19 heavy (non-hydrogen) atoms. The molecule has 3 nitrogen and oxygen atoms in total. The van der Waals surface area contributed by atoms with Gasteiger partial charge in [0.25, 0.3) is 0 Å². The number of benzene rings is 1. The fraction of sp³-hybridized carbons (Fsp3) is 0.625. The Bertz CT molecular complexity index is 460. The maximum atomic E-state index is 11.1. The van der Waals surface area contributed by atoms with Gasteiger partial charge in [0.05, 0.1) is 17.7 Å². The summed E-state index contributed by atoms with van der Waals surface area (Å²) in [6.45, 7) is 5.83. The second-order valence-corrected chi connectivity index (χ2v) is 6.22. The van der Waals surface area contributed by atoms with Crippen molar-refractivity contribution in [2.24, 2.45) is 5.92 Å². The van der Waals surface area contributed by atoms with Crippen LogP contribution in [0.2, 0.25) is 0 Å². The molecule has 104 valence electrons. The molecule has 3 rings (SSSR count). The lowest BCUT2D eigenvalue weighted by Crippen LogP contribution is -2.49. The second-order valence-electron chi connectivity index (χ2n) is 6.22. The lowest BCUT2D eigenvalue weighted by Gasteiger charge is -2.42. The molecule has 3 unspecified atom stereocenters. The van der Waals surface area contributed by atoms with E-state index in [1.54, 1.807) is 0 Å². The number of fused-ring (bicyclic) bond motifs is 1. The van der Waals surface area contributed by atoms with Gasteiger partial charge in [-0.1, -0.05) is 38.1 Å². The van der Waals surface area contributed by atoms with Gasteiger partial charge >= 0.3 is 0 Å². The minimum absolute atomic E-state index is 0.0499. The molecule has 2 aliphatic rings. The first-order valence-corrected chi connectivity index (χ1v) is 7.25. The molecule has 3 heteroatoms. The van der Waals surface area contributed by atoms with Crippen molar-refractivity contribution in [2.45, 2.75) is 51.0 Å². The van der Waals surface area contributed by atoms with Gasteiger partial charge in [0, 0.05) is 26.0 Å². The van der Waals surface area contributed by atoms with Crippen LogP contribution in [-0.4, -0.2) is 23.4 Å². The summed E-state index contributed by atoms with van der Waals surface area (Å²) in [7, 11) is 0. The van der Waals surface area contributed by atoms with Crippen LogP contribution in [0.25, 0.3) is 0 Å². The predicted octanol–water partition coefficient (Wildman–Crippen LogP) is 2.40. The van der Waals surface area contributed by atoms with Crippen LogP contribution in [0.4, 0.5) is 0 Å². The van der Waals surface area contributed by atoms with E-state index in [1.807, 2.05) is 0 Å². The van der Waals surface area contributed by atoms with Gasteiger partial charge in [0.15, 0.2) is 0 Å². The third-order valence-electron chi connectivity index (χ3n) is 4.57. The van der Waals surface area contributed by atoms with Gasteiger partial charge in [-0.25, -0.2) is 0 Å². The van der Waals surface area contributed by atoms with Crippen LogP contribution >= 0.6 is 0 Å². The summed E-state index contributed by atoms with van der Waals surface area (Å²) in [5, 5.41) is 14.6. The van der Waals surface area contributed by atoms with Gasteiger partial charge in [0.2, 0.25) is 0 Å². The van der Waals surface area contributed by atoms with Gasteiger partial charge in [-0.2, -0.15) is 0 Å². The molecule has 2 aliphatic heterocycles. The van der Waals surface area contributed by atoms with E-state index in [4.69, 9.17) is 4.74 Å². The number of hydrogen-bond acceptors (Lipinski definition) is 3. The minimum atomic E-state index is -0.681. The van der Waals surface area contributed by atoms with Gasteiger partial charge in [0.1, 0.15) is 0 Å². The average molecular weight is 261 g/mol. The Labute approximate surface area is 115 Å². The highest BCUT2D eigenvalue weighted by atomic mass is 16.5.